The summed E-state index contributed by atoms with van der Waals surface area (Å²) < 4.78 is 0. The number of amides is 2. The number of nitrogens with one attached hydrogen (secondary N) is 3. The van der Waals surface area contributed by atoms with E-state index >= 15 is 0 Å². The van der Waals surface area contributed by atoms with Gasteiger partial charge >= 0.3 is 0 Å². The average molecular weight is 291 g/mol. The third kappa shape index (κ3) is 5.19. The quantitative estimate of drug-likeness (QED) is 0.753. The van der Waals surface area contributed by atoms with E-state index in [9.17, 15) is 9.59 Å². The van der Waals surface area contributed by atoms with Crippen LogP contribution in [-0.4, -0.2) is 25.4 Å². The maximum atomic E-state index is 12.1. The van der Waals surface area contributed by atoms with Gasteiger partial charge in [0.25, 0.3) is 0 Å². The van der Waals surface area contributed by atoms with E-state index in [1.807, 2.05) is 46.9 Å². The minimum Gasteiger partial charge on any atom is -0.326 e. The Morgan fingerprint density at radius 2 is 1.76 bits per heavy atom. The van der Waals surface area contributed by atoms with Crippen molar-refractivity contribution in [1.82, 2.24) is 5.32 Å². The summed E-state index contributed by atoms with van der Waals surface area (Å²) in [6.07, 6.45) is 0. The van der Waals surface area contributed by atoms with Gasteiger partial charge in [-0.1, -0.05) is 26.8 Å². The minimum atomic E-state index is -0.122. The monoisotopic (exact) mass is 291 g/mol. The van der Waals surface area contributed by atoms with E-state index in [1.165, 1.54) is 0 Å². The van der Waals surface area contributed by atoms with Gasteiger partial charge in [-0.2, -0.15) is 0 Å². The first-order valence-corrected chi connectivity index (χ1v) is 7.22. The number of carbonyl (C=O) groups excluding carboxylic acids is 2. The second-order valence-corrected chi connectivity index (χ2v) is 5.62. The SMILES string of the molecule is CNCC(C)C(=O)Nc1cc(NC(=O)C(C)C)ccc1C. The van der Waals surface area contributed by atoms with Crippen molar-refractivity contribution in [3.8, 4) is 0 Å². The molecule has 0 aromatic heterocycles. The van der Waals surface area contributed by atoms with Gasteiger partial charge < -0.3 is 16.0 Å². The van der Waals surface area contributed by atoms with E-state index in [2.05, 4.69) is 16.0 Å². The second kappa shape index (κ2) is 7.78. The van der Waals surface area contributed by atoms with E-state index in [0.717, 1.165) is 11.3 Å². The summed E-state index contributed by atoms with van der Waals surface area (Å²) in [6.45, 7) is 8.09. The van der Waals surface area contributed by atoms with Gasteiger partial charge in [-0.15, -0.1) is 0 Å². The molecular weight excluding hydrogens is 266 g/mol. The zero-order valence-electron chi connectivity index (χ0n) is 13.4. The van der Waals surface area contributed by atoms with Gasteiger partial charge in [0.2, 0.25) is 11.8 Å². The van der Waals surface area contributed by atoms with Gasteiger partial charge in [-0.05, 0) is 31.7 Å². The van der Waals surface area contributed by atoms with Crippen LogP contribution in [0.5, 0.6) is 0 Å². The molecule has 0 fully saturated rings. The lowest BCUT2D eigenvalue weighted by atomic mass is 10.1. The molecule has 0 saturated carbocycles. The predicted molar refractivity (Wildman–Crippen MR) is 86.4 cm³/mol. The Morgan fingerprint density at radius 3 is 2.33 bits per heavy atom. The second-order valence-electron chi connectivity index (χ2n) is 5.62. The van der Waals surface area contributed by atoms with Crippen LogP contribution in [0.2, 0.25) is 0 Å². The van der Waals surface area contributed by atoms with Gasteiger partial charge in [-0.25, -0.2) is 0 Å². The van der Waals surface area contributed by atoms with Crippen LogP contribution < -0.4 is 16.0 Å². The molecule has 1 aromatic rings. The van der Waals surface area contributed by atoms with E-state index in [1.54, 1.807) is 6.07 Å². The molecule has 0 heterocycles. The fourth-order valence-electron chi connectivity index (χ4n) is 1.78. The van der Waals surface area contributed by atoms with Gasteiger partial charge in [0.15, 0.2) is 0 Å². The fourth-order valence-corrected chi connectivity index (χ4v) is 1.78. The molecule has 1 rings (SSSR count). The molecule has 0 saturated heterocycles. The third-order valence-electron chi connectivity index (χ3n) is 3.25. The Hall–Kier alpha value is -1.88. The van der Waals surface area contributed by atoms with Crippen molar-refractivity contribution >= 4 is 23.2 Å². The van der Waals surface area contributed by atoms with Crippen LogP contribution in [0, 0.1) is 18.8 Å². The van der Waals surface area contributed by atoms with Crippen LogP contribution in [0.1, 0.15) is 26.3 Å². The van der Waals surface area contributed by atoms with Crippen molar-refractivity contribution in [2.24, 2.45) is 11.8 Å². The lowest BCUT2D eigenvalue weighted by molar-refractivity contribution is -0.119. The minimum absolute atomic E-state index is 0.0419. The van der Waals surface area contributed by atoms with Crippen LogP contribution in [0.15, 0.2) is 18.2 Å². The van der Waals surface area contributed by atoms with E-state index in [-0.39, 0.29) is 23.7 Å². The third-order valence-corrected chi connectivity index (χ3v) is 3.25. The van der Waals surface area contributed by atoms with Crippen LogP contribution >= 0.6 is 0 Å². The van der Waals surface area contributed by atoms with Crippen molar-refractivity contribution in [1.29, 1.82) is 0 Å². The maximum absolute atomic E-state index is 12.1. The summed E-state index contributed by atoms with van der Waals surface area (Å²) in [5, 5.41) is 8.72. The van der Waals surface area contributed by atoms with Crippen molar-refractivity contribution in [2.75, 3.05) is 24.2 Å². The Bertz CT molecular complexity index is 512. The van der Waals surface area contributed by atoms with E-state index in [0.29, 0.717) is 12.2 Å². The largest absolute Gasteiger partial charge is 0.326 e. The number of benzene rings is 1. The number of hydrogen-bond donors (Lipinski definition) is 3. The van der Waals surface area contributed by atoms with Crippen molar-refractivity contribution < 1.29 is 9.59 Å². The lowest BCUT2D eigenvalue weighted by Crippen LogP contribution is -2.28. The molecular formula is C16H25N3O2. The zero-order valence-corrected chi connectivity index (χ0v) is 13.4. The molecule has 2 amide bonds. The average Bonchev–Trinajstić information content (AvgIpc) is 2.42. The first-order chi connectivity index (χ1) is 9.85. The first-order valence-electron chi connectivity index (χ1n) is 7.22. The molecule has 0 aliphatic heterocycles. The Balaban J connectivity index is 2.83. The summed E-state index contributed by atoms with van der Waals surface area (Å²) in [5.41, 5.74) is 2.38. The van der Waals surface area contributed by atoms with E-state index < -0.39 is 0 Å². The van der Waals surface area contributed by atoms with Gasteiger partial charge in [0, 0.05) is 29.8 Å². The highest BCUT2D eigenvalue weighted by Crippen LogP contribution is 2.21. The highest BCUT2D eigenvalue weighted by molar-refractivity contribution is 5.96. The summed E-state index contributed by atoms with van der Waals surface area (Å²) in [7, 11) is 1.82. The normalized spacial score (nSPS) is 12.1. The number of rotatable bonds is 6. The zero-order chi connectivity index (χ0) is 16.0. The van der Waals surface area contributed by atoms with Gasteiger partial charge in [-0.3, -0.25) is 9.59 Å². The highest BCUT2D eigenvalue weighted by atomic mass is 16.2. The summed E-state index contributed by atoms with van der Waals surface area (Å²) in [4.78, 5) is 23.8. The van der Waals surface area contributed by atoms with Gasteiger partial charge in [0.05, 0.1) is 0 Å². The molecule has 5 heteroatoms. The fraction of sp³-hybridized carbons (Fsp3) is 0.500. The highest BCUT2D eigenvalue weighted by Gasteiger charge is 2.14. The van der Waals surface area contributed by atoms with Crippen molar-refractivity contribution in [3.63, 3.8) is 0 Å². The molecule has 1 aromatic carbocycles. The maximum Gasteiger partial charge on any atom is 0.228 e. The number of hydrogen-bond acceptors (Lipinski definition) is 3. The molecule has 21 heavy (non-hydrogen) atoms. The van der Waals surface area contributed by atoms with Crippen LogP contribution in [0.3, 0.4) is 0 Å². The molecule has 0 aliphatic rings. The molecule has 1 atom stereocenters. The molecule has 0 bridgehead atoms. The number of carbonyl (C=O) groups is 2. The molecule has 5 nitrogen and oxygen atoms in total. The first kappa shape index (κ1) is 17.2. The Kier molecular flexibility index (Phi) is 6.37. The summed E-state index contributed by atoms with van der Waals surface area (Å²) in [6, 6.07) is 5.51. The topological polar surface area (TPSA) is 70.2 Å². The molecule has 1 unspecified atom stereocenters. The van der Waals surface area contributed by atoms with Crippen molar-refractivity contribution in [2.45, 2.75) is 27.7 Å². The Labute approximate surface area is 126 Å². The predicted octanol–water partition coefficient (Wildman–Crippen LogP) is 2.38. The number of aryl methyl sites for hydroxylation is 1. The standard InChI is InChI=1S/C16H25N3O2/c1-10(2)15(20)18-13-7-6-11(3)14(8-13)19-16(21)12(4)9-17-5/h6-8,10,12,17H,9H2,1-5H3,(H,18,20)(H,19,21). The Morgan fingerprint density at radius 1 is 1.10 bits per heavy atom. The lowest BCUT2D eigenvalue weighted by Gasteiger charge is -2.15. The van der Waals surface area contributed by atoms with Crippen LogP contribution in [0.25, 0.3) is 0 Å². The van der Waals surface area contributed by atoms with Gasteiger partial charge in [0.1, 0.15) is 0 Å². The molecule has 0 radical (unpaired) electrons. The molecule has 3 N–H and O–H groups in total. The molecule has 116 valence electrons. The summed E-state index contributed by atoms with van der Waals surface area (Å²) in [5.74, 6) is -0.289. The van der Waals surface area contributed by atoms with Crippen molar-refractivity contribution in [3.05, 3.63) is 23.8 Å². The number of anilines is 2. The smallest absolute Gasteiger partial charge is 0.228 e. The molecule has 0 aliphatic carbocycles. The summed E-state index contributed by atoms with van der Waals surface area (Å²) >= 11 is 0. The van der Waals surface area contributed by atoms with E-state index in [4.69, 9.17) is 0 Å². The van der Waals surface area contributed by atoms with Crippen LogP contribution in [0.4, 0.5) is 11.4 Å². The molecule has 0 spiro atoms. The van der Waals surface area contributed by atoms with Crippen LogP contribution in [-0.2, 0) is 9.59 Å².